The molecule has 2 aromatic rings. The van der Waals surface area contributed by atoms with Gasteiger partial charge in [-0.2, -0.15) is 0 Å². The summed E-state index contributed by atoms with van der Waals surface area (Å²) in [6.45, 7) is 4.74. The number of carbonyl (C=O) groups excluding carboxylic acids is 1. The largest absolute Gasteiger partial charge is 0.489 e. The first-order valence-electron chi connectivity index (χ1n) is 8.86. The molecule has 0 heterocycles. The number of aryl methyl sites for hydroxylation is 2. The molecule has 4 heteroatoms. The van der Waals surface area contributed by atoms with Crippen molar-refractivity contribution in [1.29, 1.82) is 0 Å². The van der Waals surface area contributed by atoms with E-state index < -0.39 is 0 Å². The summed E-state index contributed by atoms with van der Waals surface area (Å²) in [5.74, 6) is 1.53. The Balaban J connectivity index is 1.84. The molecular weight excluding hydrogens is 330 g/mol. The average molecular weight is 356 g/mol. The first kappa shape index (κ1) is 17.9. The third-order valence-electron chi connectivity index (χ3n) is 4.61. The summed E-state index contributed by atoms with van der Waals surface area (Å²) in [6, 6.07) is 12.6. The van der Waals surface area contributed by atoms with Crippen LogP contribution in [0, 0.1) is 6.92 Å². The summed E-state index contributed by atoms with van der Waals surface area (Å²) in [4.78, 5) is 12.8. The molecule has 1 amide bonds. The van der Waals surface area contributed by atoms with Crippen molar-refractivity contribution < 1.29 is 9.53 Å². The Morgan fingerprint density at radius 1 is 1.28 bits per heavy atom. The predicted octanol–water partition coefficient (Wildman–Crippen LogP) is 5.45. The molecule has 25 heavy (non-hydrogen) atoms. The fraction of sp³-hybridized carbons (Fsp3) is 0.381. The van der Waals surface area contributed by atoms with Gasteiger partial charge in [0.15, 0.2) is 0 Å². The van der Waals surface area contributed by atoms with E-state index in [1.165, 1.54) is 35.7 Å². The fourth-order valence-electron chi connectivity index (χ4n) is 3.00. The highest BCUT2D eigenvalue weighted by Crippen LogP contribution is 2.44. The van der Waals surface area contributed by atoms with Crippen LogP contribution in [0.4, 0.5) is 4.79 Å². The summed E-state index contributed by atoms with van der Waals surface area (Å²) >= 11 is 1.24. The number of ether oxygens (including phenoxy) is 1. The molecule has 3 nitrogen and oxygen atoms in total. The standard InChI is InChI=1S/C21H25NO2S/c1-4-15-8-11-19(14(2)12-15)24-13-18-17(16-9-10-16)6-5-7-20(18)25-21(23)22-3/h5-8,11-12,16H,4,9-10,13H2,1-3H3,(H,22,23). The Morgan fingerprint density at radius 2 is 2.08 bits per heavy atom. The van der Waals surface area contributed by atoms with Crippen molar-refractivity contribution in [3.05, 3.63) is 58.7 Å². The van der Waals surface area contributed by atoms with Gasteiger partial charge < -0.3 is 10.1 Å². The molecule has 0 radical (unpaired) electrons. The van der Waals surface area contributed by atoms with E-state index in [0.717, 1.165) is 28.2 Å². The molecule has 0 aliphatic heterocycles. The summed E-state index contributed by atoms with van der Waals surface area (Å²) in [5, 5.41) is 2.64. The Kier molecular flexibility index (Phi) is 5.69. The molecule has 1 fully saturated rings. The number of hydrogen-bond acceptors (Lipinski definition) is 3. The van der Waals surface area contributed by atoms with Crippen molar-refractivity contribution in [2.75, 3.05) is 7.05 Å². The third kappa shape index (κ3) is 4.37. The second kappa shape index (κ2) is 7.96. The zero-order valence-electron chi connectivity index (χ0n) is 15.1. The first-order chi connectivity index (χ1) is 12.1. The molecule has 1 saturated carbocycles. The highest BCUT2D eigenvalue weighted by Gasteiger charge is 2.27. The normalized spacial score (nSPS) is 13.6. The van der Waals surface area contributed by atoms with Crippen LogP contribution in [0.3, 0.4) is 0 Å². The molecular formula is C21H25NO2S. The Morgan fingerprint density at radius 3 is 2.72 bits per heavy atom. The lowest BCUT2D eigenvalue weighted by atomic mass is 10.0. The first-order valence-corrected chi connectivity index (χ1v) is 9.67. The van der Waals surface area contributed by atoms with Crippen LogP contribution in [0.25, 0.3) is 0 Å². The number of hydrogen-bond donors (Lipinski definition) is 1. The highest BCUT2D eigenvalue weighted by atomic mass is 32.2. The van der Waals surface area contributed by atoms with Crippen molar-refractivity contribution in [1.82, 2.24) is 5.32 Å². The Hall–Kier alpha value is -1.94. The van der Waals surface area contributed by atoms with Gasteiger partial charge in [0.05, 0.1) is 0 Å². The molecule has 0 saturated heterocycles. The number of rotatable bonds is 6. The van der Waals surface area contributed by atoms with Crippen molar-refractivity contribution >= 4 is 17.0 Å². The van der Waals surface area contributed by atoms with Crippen LogP contribution in [-0.2, 0) is 13.0 Å². The van der Waals surface area contributed by atoms with Gasteiger partial charge in [-0.05, 0) is 72.7 Å². The number of nitrogens with one attached hydrogen (secondary N) is 1. The van der Waals surface area contributed by atoms with E-state index in [9.17, 15) is 4.79 Å². The second-order valence-corrected chi connectivity index (χ2v) is 7.49. The molecule has 1 N–H and O–H groups in total. The number of amides is 1. The van der Waals surface area contributed by atoms with Crippen molar-refractivity contribution in [2.45, 2.75) is 50.5 Å². The Labute approximate surface area is 154 Å². The quantitative estimate of drug-likeness (QED) is 0.701. The van der Waals surface area contributed by atoms with E-state index in [1.807, 2.05) is 12.1 Å². The van der Waals surface area contributed by atoms with E-state index in [-0.39, 0.29) is 5.24 Å². The van der Waals surface area contributed by atoms with Gasteiger partial charge in [0.25, 0.3) is 5.24 Å². The Bertz CT molecular complexity index is 768. The third-order valence-corrected chi connectivity index (χ3v) is 5.60. The lowest BCUT2D eigenvalue weighted by Gasteiger charge is -2.16. The molecule has 0 bridgehead atoms. The van der Waals surface area contributed by atoms with E-state index in [1.54, 1.807) is 7.05 Å². The topological polar surface area (TPSA) is 38.3 Å². The minimum Gasteiger partial charge on any atom is -0.489 e. The van der Waals surface area contributed by atoms with Gasteiger partial charge in [0, 0.05) is 17.5 Å². The summed E-state index contributed by atoms with van der Waals surface area (Å²) in [7, 11) is 1.66. The smallest absolute Gasteiger partial charge is 0.283 e. The van der Waals surface area contributed by atoms with Gasteiger partial charge in [-0.25, -0.2) is 0 Å². The van der Waals surface area contributed by atoms with E-state index >= 15 is 0 Å². The van der Waals surface area contributed by atoms with Gasteiger partial charge in [-0.15, -0.1) is 0 Å². The molecule has 0 aromatic heterocycles. The fourth-order valence-corrected chi connectivity index (χ4v) is 3.75. The van der Waals surface area contributed by atoms with Crippen molar-refractivity contribution in [3.8, 4) is 5.75 Å². The average Bonchev–Trinajstić information content (AvgIpc) is 3.46. The van der Waals surface area contributed by atoms with Crippen LogP contribution in [0.2, 0.25) is 0 Å². The number of carbonyl (C=O) groups is 1. The molecule has 0 atom stereocenters. The van der Waals surface area contributed by atoms with Crippen LogP contribution in [0.1, 0.15) is 47.9 Å². The molecule has 1 aliphatic rings. The molecule has 1 aliphatic carbocycles. The van der Waals surface area contributed by atoms with Crippen molar-refractivity contribution in [2.24, 2.45) is 0 Å². The van der Waals surface area contributed by atoms with Crippen LogP contribution < -0.4 is 10.1 Å². The van der Waals surface area contributed by atoms with Gasteiger partial charge in [0.1, 0.15) is 12.4 Å². The van der Waals surface area contributed by atoms with Crippen molar-refractivity contribution in [3.63, 3.8) is 0 Å². The minimum atomic E-state index is -0.0438. The van der Waals surface area contributed by atoms with Crippen LogP contribution in [-0.4, -0.2) is 12.3 Å². The lowest BCUT2D eigenvalue weighted by Crippen LogP contribution is -2.12. The SMILES string of the molecule is CCc1ccc(OCc2c(SC(=O)NC)cccc2C2CC2)c(C)c1. The second-order valence-electron chi connectivity index (χ2n) is 6.48. The summed E-state index contributed by atoms with van der Waals surface area (Å²) < 4.78 is 6.15. The number of thioether (sulfide) groups is 1. The minimum absolute atomic E-state index is 0.0438. The number of benzene rings is 2. The monoisotopic (exact) mass is 355 g/mol. The molecule has 3 rings (SSSR count). The van der Waals surface area contributed by atoms with Crippen LogP contribution in [0.5, 0.6) is 5.75 Å². The molecule has 0 unspecified atom stereocenters. The van der Waals surface area contributed by atoms with Gasteiger partial charge >= 0.3 is 0 Å². The van der Waals surface area contributed by atoms with Gasteiger partial charge in [-0.3, -0.25) is 4.79 Å². The molecule has 0 spiro atoms. The summed E-state index contributed by atoms with van der Waals surface area (Å²) in [5.41, 5.74) is 4.96. The van der Waals surface area contributed by atoms with Crippen LogP contribution in [0.15, 0.2) is 41.3 Å². The lowest BCUT2D eigenvalue weighted by molar-refractivity contribution is 0.262. The summed E-state index contributed by atoms with van der Waals surface area (Å²) in [6.07, 6.45) is 3.48. The van der Waals surface area contributed by atoms with E-state index in [0.29, 0.717) is 12.5 Å². The zero-order valence-corrected chi connectivity index (χ0v) is 15.9. The predicted molar refractivity (Wildman–Crippen MR) is 104 cm³/mol. The van der Waals surface area contributed by atoms with Gasteiger partial charge in [-0.1, -0.05) is 31.2 Å². The molecule has 2 aromatic carbocycles. The van der Waals surface area contributed by atoms with Gasteiger partial charge in [0.2, 0.25) is 0 Å². The maximum absolute atomic E-state index is 11.8. The molecule has 132 valence electrons. The van der Waals surface area contributed by atoms with Crippen LogP contribution >= 0.6 is 11.8 Å². The zero-order chi connectivity index (χ0) is 17.8. The van der Waals surface area contributed by atoms with E-state index in [4.69, 9.17) is 4.74 Å². The van der Waals surface area contributed by atoms with E-state index in [2.05, 4.69) is 43.4 Å². The highest BCUT2D eigenvalue weighted by molar-refractivity contribution is 8.13. The maximum atomic E-state index is 11.8. The maximum Gasteiger partial charge on any atom is 0.283 e.